The Labute approximate surface area is 158 Å². The average Bonchev–Trinajstić information content (AvgIpc) is 3.11. The maximum absolute atomic E-state index is 12.8. The molecule has 1 heterocycles. The molecule has 27 heavy (non-hydrogen) atoms. The van der Waals surface area contributed by atoms with Gasteiger partial charge >= 0.3 is 5.97 Å². The zero-order chi connectivity index (χ0) is 19.2. The highest BCUT2D eigenvalue weighted by Gasteiger charge is 2.30. The number of carbonyl (C=O) groups excluding carboxylic acids is 1. The predicted octanol–water partition coefficient (Wildman–Crippen LogP) is 3.06. The molecule has 0 saturated carbocycles. The molecule has 1 amide bonds. The minimum atomic E-state index is -1.02. The number of aliphatic carboxylic acids is 1. The lowest BCUT2D eigenvalue weighted by molar-refractivity contribution is -0.139. The van der Waals surface area contributed by atoms with Crippen molar-refractivity contribution >= 4 is 17.6 Å². The van der Waals surface area contributed by atoms with Crippen LogP contribution in [0.5, 0.6) is 5.75 Å². The van der Waals surface area contributed by atoms with Crippen LogP contribution in [0, 0.1) is 6.92 Å². The molecular formula is C21H24N2O4. The summed E-state index contributed by atoms with van der Waals surface area (Å²) < 4.78 is 5.17. The average molecular weight is 368 g/mol. The summed E-state index contributed by atoms with van der Waals surface area (Å²) in [5.74, 6) is -0.560. The highest BCUT2D eigenvalue weighted by molar-refractivity contribution is 5.95. The third kappa shape index (κ3) is 5.08. The fourth-order valence-corrected chi connectivity index (χ4v) is 3.36. The Morgan fingerprint density at radius 1 is 1.22 bits per heavy atom. The maximum Gasteiger partial charge on any atom is 0.341 e. The van der Waals surface area contributed by atoms with Gasteiger partial charge in [0.2, 0.25) is 5.91 Å². The van der Waals surface area contributed by atoms with Crippen molar-refractivity contribution in [2.24, 2.45) is 0 Å². The van der Waals surface area contributed by atoms with Gasteiger partial charge in [0, 0.05) is 12.2 Å². The SMILES string of the molecule is Cc1cc(OCC(=O)O)ccc1NC(=O)C1CCCN1Cc1ccccc1. The van der Waals surface area contributed by atoms with Crippen LogP contribution in [-0.4, -0.2) is 41.1 Å². The number of carboxylic acid groups (broad SMARTS) is 1. The minimum Gasteiger partial charge on any atom is -0.482 e. The molecule has 2 aromatic rings. The molecule has 2 N–H and O–H groups in total. The molecule has 142 valence electrons. The number of carboxylic acids is 1. The van der Waals surface area contributed by atoms with Gasteiger partial charge in [-0.2, -0.15) is 0 Å². The highest BCUT2D eigenvalue weighted by Crippen LogP contribution is 2.25. The van der Waals surface area contributed by atoms with Gasteiger partial charge in [0.15, 0.2) is 6.61 Å². The van der Waals surface area contributed by atoms with E-state index in [1.165, 1.54) is 5.56 Å². The smallest absolute Gasteiger partial charge is 0.341 e. The van der Waals surface area contributed by atoms with E-state index in [0.717, 1.165) is 31.5 Å². The van der Waals surface area contributed by atoms with E-state index in [1.807, 2.05) is 25.1 Å². The lowest BCUT2D eigenvalue weighted by Gasteiger charge is -2.24. The van der Waals surface area contributed by atoms with Gasteiger partial charge in [0.1, 0.15) is 5.75 Å². The van der Waals surface area contributed by atoms with Crippen LogP contribution in [0.2, 0.25) is 0 Å². The Morgan fingerprint density at radius 2 is 2.00 bits per heavy atom. The zero-order valence-electron chi connectivity index (χ0n) is 15.4. The number of aryl methyl sites for hydroxylation is 1. The first-order chi connectivity index (χ1) is 13.0. The normalized spacial score (nSPS) is 16.9. The second kappa shape index (κ2) is 8.68. The number of rotatable bonds is 7. The van der Waals surface area contributed by atoms with Crippen LogP contribution in [-0.2, 0) is 16.1 Å². The number of anilines is 1. The number of ether oxygens (including phenoxy) is 1. The summed E-state index contributed by atoms with van der Waals surface area (Å²) in [5.41, 5.74) is 2.75. The molecule has 1 aliphatic heterocycles. The molecule has 6 heteroatoms. The molecule has 0 spiro atoms. The molecule has 0 radical (unpaired) electrons. The van der Waals surface area contributed by atoms with Crippen molar-refractivity contribution in [3.63, 3.8) is 0 Å². The van der Waals surface area contributed by atoms with Crippen LogP contribution in [0.4, 0.5) is 5.69 Å². The highest BCUT2D eigenvalue weighted by atomic mass is 16.5. The fraction of sp³-hybridized carbons (Fsp3) is 0.333. The molecule has 2 aromatic carbocycles. The molecule has 0 bridgehead atoms. The monoisotopic (exact) mass is 368 g/mol. The summed E-state index contributed by atoms with van der Waals surface area (Å²) >= 11 is 0. The third-order valence-electron chi connectivity index (χ3n) is 4.71. The Kier molecular flexibility index (Phi) is 6.08. The summed E-state index contributed by atoms with van der Waals surface area (Å²) in [4.78, 5) is 25.6. The van der Waals surface area contributed by atoms with E-state index >= 15 is 0 Å². The molecular weight excluding hydrogens is 344 g/mol. The van der Waals surface area contributed by atoms with E-state index in [2.05, 4.69) is 22.3 Å². The first-order valence-electron chi connectivity index (χ1n) is 9.07. The van der Waals surface area contributed by atoms with Gasteiger partial charge in [-0.25, -0.2) is 4.79 Å². The first kappa shape index (κ1) is 18.9. The quantitative estimate of drug-likeness (QED) is 0.785. The summed E-state index contributed by atoms with van der Waals surface area (Å²) in [6.07, 6.45) is 1.85. The Hall–Kier alpha value is -2.86. The van der Waals surface area contributed by atoms with E-state index in [4.69, 9.17) is 9.84 Å². The van der Waals surface area contributed by atoms with Gasteiger partial charge in [-0.3, -0.25) is 9.69 Å². The maximum atomic E-state index is 12.8. The summed E-state index contributed by atoms with van der Waals surface area (Å²) in [7, 11) is 0. The molecule has 1 saturated heterocycles. The van der Waals surface area contributed by atoms with Crippen molar-refractivity contribution in [2.75, 3.05) is 18.5 Å². The van der Waals surface area contributed by atoms with Crippen LogP contribution in [0.3, 0.4) is 0 Å². The van der Waals surface area contributed by atoms with Crippen molar-refractivity contribution in [1.29, 1.82) is 0 Å². The van der Waals surface area contributed by atoms with Gasteiger partial charge in [0.05, 0.1) is 6.04 Å². The van der Waals surface area contributed by atoms with Crippen LogP contribution < -0.4 is 10.1 Å². The van der Waals surface area contributed by atoms with Crippen LogP contribution in [0.1, 0.15) is 24.0 Å². The van der Waals surface area contributed by atoms with Crippen molar-refractivity contribution in [1.82, 2.24) is 4.90 Å². The van der Waals surface area contributed by atoms with Crippen molar-refractivity contribution in [3.05, 3.63) is 59.7 Å². The standard InChI is InChI=1S/C21H24N2O4/c1-15-12-17(27-14-20(24)25)9-10-18(15)22-21(26)19-8-5-11-23(19)13-16-6-3-2-4-7-16/h2-4,6-7,9-10,12,19H,5,8,11,13-14H2,1H3,(H,22,26)(H,24,25). The molecule has 1 fully saturated rings. The van der Waals surface area contributed by atoms with Crippen molar-refractivity contribution < 1.29 is 19.4 Å². The van der Waals surface area contributed by atoms with Crippen LogP contribution in [0.15, 0.2) is 48.5 Å². The minimum absolute atomic E-state index is 0.00858. The van der Waals surface area contributed by atoms with E-state index < -0.39 is 5.97 Å². The Morgan fingerprint density at radius 3 is 2.70 bits per heavy atom. The fourth-order valence-electron chi connectivity index (χ4n) is 3.36. The zero-order valence-corrected chi connectivity index (χ0v) is 15.4. The number of likely N-dealkylation sites (tertiary alicyclic amines) is 1. The summed E-state index contributed by atoms with van der Waals surface area (Å²) in [6, 6.07) is 15.2. The molecule has 1 atom stereocenters. The number of nitrogens with one attached hydrogen (secondary N) is 1. The topological polar surface area (TPSA) is 78.9 Å². The van der Waals surface area contributed by atoms with Crippen molar-refractivity contribution in [3.8, 4) is 5.75 Å². The van der Waals surface area contributed by atoms with E-state index in [-0.39, 0.29) is 18.6 Å². The number of benzene rings is 2. The lowest BCUT2D eigenvalue weighted by Crippen LogP contribution is -2.39. The predicted molar refractivity (Wildman–Crippen MR) is 103 cm³/mol. The second-order valence-electron chi connectivity index (χ2n) is 6.76. The van der Waals surface area contributed by atoms with Gasteiger partial charge in [-0.15, -0.1) is 0 Å². The van der Waals surface area contributed by atoms with Gasteiger partial charge in [0.25, 0.3) is 0 Å². The molecule has 0 aromatic heterocycles. The van der Waals surface area contributed by atoms with E-state index in [1.54, 1.807) is 18.2 Å². The molecule has 1 unspecified atom stereocenters. The molecule has 3 rings (SSSR count). The van der Waals surface area contributed by atoms with E-state index in [9.17, 15) is 9.59 Å². The van der Waals surface area contributed by atoms with Crippen LogP contribution >= 0.6 is 0 Å². The number of amides is 1. The largest absolute Gasteiger partial charge is 0.482 e. The first-order valence-corrected chi connectivity index (χ1v) is 9.07. The van der Waals surface area contributed by atoms with E-state index in [0.29, 0.717) is 11.4 Å². The van der Waals surface area contributed by atoms with Gasteiger partial charge < -0.3 is 15.2 Å². The van der Waals surface area contributed by atoms with Gasteiger partial charge in [-0.1, -0.05) is 30.3 Å². The molecule has 6 nitrogen and oxygen atoms in total. The lowest BCUT2D eigenvalue weighted by atomic mass is 10.1. The van der Waals surface area contributed by atoms with Crippen LogP contribution in [0.25, 0.3) is 0 Å². The van der Waals surface area contributed by atoms with Gasteiger partial charge in [-0.05, 0) is 55.6 Å². The summed E-state index contributed by atoms with van der Waals surface area (Å²) in [6.45, 7) is 3.15. The number of nitrogens with zero attached hydrogens (tertiary/aromatic N) is 1. The number of hydrogen-bond acceptors (Lipinski definition) is 4. The third-order valence-corrected chi connectivity index (χ3v) is 4.71. The Bertz CT molecular complexity index is 807. The van der Waals surface area contributed by atoms with Crippen molar-refractivity contribution in [2.45, 2.75) is 32.4 Å². The summed E-state index contributed by atoms with van der Waals surface area (Å²) in [5, 5.41) is 11.7. The molecule has 0 aliphatic carbocycles. The number of carbonyl (C=O) groups is 2. The molecule has 1 aliphatic rings. The number of hydrogen-bond donors (Lipinski definition) is 2. The Balaban J connectivity index is 1.63. The second-order valence-corrected chi connectivity index (χ2v) is 6.76.